The van der Waals surface area contributed by atoms with E-state index in [0.29, 0.717) is 19.6 Å². The quantitative estimate of drug-likeness (QED) is 0.526. The second-order valence-corrected chi connectivity index (χ2v) is 4.38. The molecule has 0 aliphatic carbocycles. The molecule has 0 atom stereocenters. The van der Waals surface area contributed by atoms with Crippen LogP contribution in [0.4, 0.5) is 5.82 Å². The number of primary amides is 2. The molecule has 4 N–H and O–H groups in total. The third-order valence-corrected chi connectivity index (χ3v) is 3.03. The molecule has 10 heteroatoms. The zero-order chi connectivity index (χ0) is 15.6. The van der Waals surface area contributed by atoms with Gasteiger partial charge in [-0.2, -0.15) is 0 Å². The van der Waals surface area contributed by atoms with Crippen LogP contribution in [0.5, 0.6) is 0 Å². The minimum atomic E-state index is -1.08. The van der Waals surface area contributed by atoms with Crippen molar-refractivity contribution in [3.8, 4) is 0 Å². The molecule has 0 saturated carbocycles. The van der Waals surface area contributed by atoms with Crippen molar-refractivity contribution >= 4 is 17.6 Å². The average molecular weight is 298 g/mol. The van der Waals surface area contributed by atoms with Crippen LogP contribution in [0.25, 0.3) is 0 Å². The average Bonchev–Trinajstić information content (AvgIpc) is 3.03. The van der Waals surface area contributed by atoms with E-state index in [9.17, 15) is 19.7 Å². The van der Waals surface area contributed by atoms with Gasteiger partial charge in [-0.15, -0.1) is 0 Å². The summed E-state index contributed by atoms with van der Waals surface area (Å²) >= 11 is 0. The Morgan fingerprint density at radius 2 is 1.95 bits per heavy atom. The van der Waals surface area contributed by atoms with Crippen LogP contribution in [-0.2, 0) is 16.0 Å². The highest BCUT2D eigenvalue weighted by Gasteiger charge is 2.32. The van der Waals surface area contributed by atoms with E-state index in [0.717, 1.165) is 10.8 Å². The Bertz CT molecular complexity index is 590. The van der Waals surface area contributed by atoms with Gasteiger partial charge in [-0.25, -0.2) is 4.57 Å². The van der Waals surface area contributed by atoms with Gasteiger partial charge < -0.3 is 31.1 Å². The van der Waals surface area contributed by atoms with E-state index in [1.54, 1.807) is 0 Å². The van der Waals surface area contributed by atoms with Gasteiger partial charge in [-0.3, -0.25) is 9.59 Å². The first-order valence-electron chi connectivity index (χ1n) is 6.12. The maximum absolute atomic E-state index is 11.4. The lowest BCUT2D eigenvalue weighted by molar-refractivity contribution is -0.392. The van der Waals surface area contributed by atoms with Crippen LogP contribution in [0.15, 0.2) is 6.20 Å². The molecular weight excluding hydrogens is 284 g/mol. The first-order valence-corrected chi connectivity index (χ1v) is 6.12. The topological polar surface area (TPSA) is 153 Å². The minimum Gasteiger partial charge on any atom is -0.365 e. The predicted octanol–water partition coefficient (Wildman–Crippen LogP) is -0.643. The van der Waals surface area contributed by atoms with Gasteiger partial charge in [0.25, 0.3) is 11.8 Å². The Morgan fingerprint density at radius 3 is 2.43 bits per heavy atom. The predicted molar refractivity (Wildman–Crippen MR) is 68.4 cm³/mol. The highest BCUT2D eigenvalue weighted by atomic mass is 16.7. The summed E-state index contributed by atoms with van der Waals surface area (Å²) in [6.07, 6.45) is 1.00. The molecule has 1 aliphatic heterocycles. The Balaban J connectivity index is 2.34. The first kappa shape index (κ1) is 14.9. The van der Waals surface area contributed by atoms with E-state index in [1.807, 2.05) is 0 Å². The number of nitrogens with zero attached hydrogens (tertiary/aromatic N) is 2. The van der Waals surface area contributed by atoms with Crippen LogP contribution in [0.1, 0.15) is 27.1 Å². The SMILES string of the molecule is NC(=O)c1cn(CCC2OCCO2)c([N+](=O)[O-])c1C(N)=O. The second kappa shape index (κ2) is 5.89. The Hall–Kier alpha value is -2.46. The Kier molecular flexibility index (Phi) is 4.19. The molecule has 2 amide bonds. The van der Waals surface area contributed by atoms with Crippen molar-refractivity contribution in [2.75, 3.05) is 13.2 Å². The summed E-state index contributed by atoms with van der Waals surface area (Å²) in [6.45, 7) is 1.03. The number of aromatic nitrogens is 1. The fourth-order valence-electron chi connectivity index (χ4n) is 2.16. The standard InChI is InChI=1S/C11H14N4O6/c12-9(16)6-5-14(2-1-7-20-3-4-21-7)11(15(18)19)8(6)10(13)17/h5,7H,1-4H2,(H2,12,16)(H2,13,17). The van der Waals surface area contributed by atoms with Gasteiger partial charge in [-0.1, -0.05) is 0 Å². The zero-order valence-electron chi connectivity index (χ0n) is 11.0. The molecule has 1 fully saturated rings. The molecule has 0 bridgehead atoms. The van der Waals surface area contributed by atoms with Gasteiger partial charge in [0.2, 0.25) is 0 Å². The van der Waals surface area contributed by atoms with Gasteiger partial charge >= 0.3 is 5.82 Å². The number of ether oxygens (including phenoxy) is 2. The molecule has 114 valence electrons. The molecule has 1 aliphatic rings. The molecule has 0 radical (unpaired) electrons. The monoisotopic (exact) mass is 298 g/mol. The van der Waals surface area contributed by atoms with E-state index >= 15 is 0 Å². The van der Waals surface area contributed by atoms with Crippen molar-refractivity contribution < 1.29 is 24.0 Å². The lowest BCUT2D eigenvalue weighted by Crippen LogP contribution is -2.20. The zero-order valence-corrected chi connectivity index (χ0v) is 11.0. The molecule has 0 spiro atoms. The molecule has 10 nitrogen and oxygen atoms in total. The molecule has 0 unspecified atom stereocenters. The molecule has 0 aromatic carbocycles. The molecule has 1 aromatic rings. The lowest BCUT2D eigenvalue weighted by Gasteiger charge is -2.08. The number of nitrogens with two attached hydrogens (primary N) is 2. The normalized spacial score (nSPS) is 15.2. The number of aryl methyl sites for hydroxylation is 1. The van der Waals surface area contributed by atoms with Crippen LogP contribution in [0.3, 0.4) is 0 Å². The summed E-state index contributed by atoms with van der Waals surface area (Å²) in [4.78, 5) is 33.0. The molecule has 1 aromatic heterocycles. The first-order chi connectivity index (χ1) is 9.91. The van der Waals surface area contributed by atoms with E-state index in [2.05, 4.69) is 0 Å². The van der Waals surface area contributed by atoms with Crippen LogP contribution >= 0.6 is 0 Å². The highest BCUT2D eigenvalue weighted by molar-refractivity contribution is 6.08. The van der Waals surface area contributed by atoms with Crippen molar-refractivity contribution in [3.05, 3.63) is 27.4 Å². The van der Waals surface area contributed by atoms with Crippen LogP contribution in [-0.4, -0.2) is 40.8 Å². The van der Waals surface area contributed by atoms with Crippen molar-refractivity contribution in [3.63, 3.8) is 0 Å². The number of hydrogen-bond donors (Lipinski definition) is 2. The third-order valence-electron chi connectivity index (χ3n) is 3.03. The third kappa shape index (κ3) is 3.01. The number of carbonyl (C=O) groups is 2. The van der Waals surface area contributed by atoms with Gasteiger partial charge in [0, 0.05) is 6.42 Å². The molecule has 2 heterocycles. The van der Waals surface area contributed by atoms with E-state index in [4.69, 9.17) is 20.9 Å². The second-order valence-electron chi connectivity index (χ2n) is 4.38. The summed E-state index contributed by atoms with van der Waals surface area (Å²) in [6, 6.07) is 0. The summed E-state index contributed by atoms with van der Waals surface area (Å²) < 4.78 is 11.6. The van der Waals surface area contributed by atoms with Gasteiger partial charge in [0.15, 0.2) is 6.29 Å². The number of hydrogen-bond acceptors (Lipinski definition) is 6. The lowest BCUT2D eigenvalue weighted by atomic mass is 10.1. The van der Waals surface area contributed by atoms with Crippen molar-refractivity contribution in [2.45, 2.75) is 19.3 Å². The smallest absolute Gasteiger partial charge is 0.336 e. The minimum absolute atomic E-state index is 0.120. The van der Waals surface area contributed by atoms with E-state index in [-0.39, 0.29) is 12.1 Å². The largest absolute Gasteiger partial charge is 0.365 e. The number of carbonyl (C=O) groups excluding carboxylic acids is 2. The summed E-state index contributed by atoms with van der Waals surface area (Å²) in [5.74, 6) is -2.60. The number of rotatable bonds is 6. The van der Waals surface area contributed by atoms with Crippen LogP contribution in [0, 0.1) is 10.1 Å². The molecule has 2 rings (SSSR count). The maximum atomic E-state index is 11.4. The summed E-state index contributed by atoms with van der Waals surface area (Å²) in [5.41, 5.74) is 9.47. The molecular formula is C11H14N4O6. The number of amides is 2. The van der Waals surface area contributed by atoms with Crippen LogP contribution < -0.4 is 11.5 Å². The van der Waals surface area contributed by atoms with Crippen molar-refractivity contribution in [1.82, 2.24) is 4.57 Å². The Morgan fingerprint density at radius 1 is 1.33 bits per heavy atom. The van der Waals surface area contributed by atoms with Crippen molar-refractivity contribution in [2.24, 2.45) is 11.5 Å². The fraction of sp³-hybridized carbons (Fsp3) is 0.455. The molecule has 1 saturated heterocycles. The van der Waals surface area contributed by atoms with E-state index in [1.165, 1.54) is 0 Å². The Labute approximate surface area is 118 Å². The van der Waals surface area contributed by atoms with E-state index < -0.39 is 34.4 Å². The van der Waals surface area contributed by atoms with Gasteiger partial charge in [0.05, 0.1) is 25.3 Å². The highest BCUT2D eigenvalue weighted by Crippen LogP contribution is 2.25. The van der Waals surface area contributed by atoms with Crippen molar-refractivity contribution in [1.29, 1.82) is 0 Å². The summed E-state index contributed by atoms with van der Waals surface area (Å²) in [5, 5.41) is 11.1. The van der Waals surface area contributed by atoms with Crippen LogP contribution in [0.2, 0.25) is 0 Å². The summed E-state index contributed by atoms with van der Waals surface area (Å²) in [7, 11) is 0. The maximum Gasteiger partial charge on any atom is 0.336 e. The van der Waals surface area contributed by atoms with Gasteiger partial charge in [-0.05, 0) is 4.92 Å². The molecule has 21 heavy (non-hydrogen) atoms. The van der Waals surface area contributed by atoms with Gasteiger partial charge in [0.1, 0.15) is 11.8 Å². The number of nitro groups is 1. The fourth-order valence-corrected chi connectivity index (χ4v) is 2.16.